The van der Waals surface area contributed by atoms with Gasteiger partial charge in [-0.05, 0) is 36.6 Å². The molecule has 214 valence electrons. The molecule has 1 N–H and O–H groups in total. The van der Waals surface area contributed by atoms with Crippen LogP contribution in [0, 0.1) is 5.82 Å². The molecule has 3 aromatic rings. The summed E-state index contributed by atoms with van der Waals surface area (Å²) >= 11 is 0. The Labute approximate surface area is 236 Å². The Bertz CT molecular complexity index is 1370. The van der Waals surface area contributed by atoms with Crippen molar-refractivity contribution in [2.24, 2.45) is 0 Å². The van der Waals surface area contributed by atoms with Crippen molar-refractivity contribution in [2.45, 2.75) is 45.3 Å². The minimum absolute atomic E-state index is 0.0538. The number of benzene rings is 3. The smallest absolute Gasteiger partial charge is 0.304 e. The lowest BCUT2D eigenvalue weighted by Crippen LogP contribution is -2.55. The maximum absolute atomic E-state index is 14.9. The molecule has 0 spiro atoms. The van der Waals surface area contributed by atoms with Gasteiger partial charge in [-0.3, -0.25) is 9.59 Å². The molecule has 0 aromatic heterocycles. The van der Waals surface area contributed by atoms with Crippen LogP contribution in [-0.2, 0) is 32.8 Å². The van der Waals surface area contributed by atoms with Crippen LogP contribution in [0.3, 0.4) is 0 Å². The second kappa shape index (κ2) is 14.0. The van der Waals surface area contributed by atoms with E-state index in [9.17, 15) is 22.4 Å². The summed E-state index contributed by atoms with van der Waals surface area (Å²) in [7, 11) is -1.64. The maximum Gasteiger partial charge on any atom is 0.304 e. The van der Waals surface area contributed by atoms with Crippen LogP contribution in [0.15, 0.2) is 84.9 Å². The highest BCUT2D eigenvalue weighted by Crippen LogP contribution is 2.24. The van der Waals surface area contributed by atoms with Crippen LogP contribution >= 0.6 is 0 Å². The lowest BCUT2D eigenvalue weighted by atomic mass is 10.0. The third-order valence-electron chi connectivity index (χ3n) is 6.61. The largest absolute Gasteiger partial charge is 0.352 e. The lowest BCUT2D eigenvalue weighted by molar-refractivity contribution is -0.140. The topological polar surface area (TPSA) is 90.0 Å². The number of hydrogen-bond acceptors (Lipinski definition) is 4. The van der Waals surface area contributed by atoms with Gasteiger partial charge in [0.25, 0.3) is 0 Å². The average molecular weight is 569 g/mol. The summed E-state index contributed by atoms with van der Waals surface area (Å²) < 4.78 is 43.2. The van der Waals surface area contributed by atoms with Crippen molar-refractivity contribution in [3.8, 4) is 0 Å². The Morgan fingerprint density at radius 2 is 1.43 bits per heavy atom. The van der Waals surface area contributed by atoms with Crippen LogP contribution in [0.25, 0.3) is 0 Å². The van der Waals surface area contributed by atoms with E-state index in [2.05, 4.69) is 5.32 Å². The fourth-order valence-corrected chi connectivity index (χ4v) is 5.20. The first kappa shape index (κ1) is 30.8. The van der Waals surface area contributed by atoms with Crippen LogP contribution in [0.1, 0.15) is 31.4 Å². The third kappa shape index (κ3) is 7.89. The molecule has 0 radical (unpaired) electrons. The first-order chi connectivity index (χ1) is 19.0. The molecule has 0 bridgehead atoms. The number of anilines is 1. The van der Waals surface area contributed by atoms with Gasteiger partial charge in [-0.25, -0.2) is 8.70 Å². The molecule has 2 atom stereocenters. The highest BCUT2D eigenvalue weighted by molar-refractivity contribution is 7.90. The number of amides is 2. The summed E-state index contributed by atoms with van der Waals surface area (Å²) in [4.78, 5) is 29.2. The normalized spacial score (nSPS) is 12.9. The van der Waals surface area contributed by atoms with Gasteiger partial charge in [0, 0.05) is 33.1 Å². The summed E-state index contributed by atoms with van der Waals surface area (Å²) in [6.45, 7) is 3.18. The number of para-hydroxylation sites is 1. The molecule has 0 saturated carbocycles. The van der Waals surface area contributed by atoms with Gasteiger partial charge >= 0.3 is 10.2 Å². The van der Waals surface area contributed by atoms with Gasteiger partial charge in [0.05, 0.1) is 5.69 Å². The second-order valence-electron chi connectivity index (χ2n) is 9.78. The molecule has 10 heteroatoms. The number of rotatable bonds is 13. The molecule has 0 fully saturated rings. The van der Waals surface area contributed by atoms with E-state index in [0.29, 0.717) is 6.42 Å². The molecule has 8 nitrogen and oxygen atoms in total. The molecule has 0 saturated heterocycles. The van der Waals surface area contributed by atoms with Gasteiger partial charge < -0.3 is 10.2 Å². The van der Waals surface area contributed by atoms with E-state index in [1.54, 1.807) is 0 Å². The zero-order valence-corrected chi connectivity index (χ0v) is 24.1. The van der Waals surface area contributed by atoms with E-state index in [0.717, 1.165) is 25.8 Å². The van der Waals surface area contributed by atoms with Crippen LogP contribution in [0.5, 0.6) is 0 Å². The van der Waals surface area contributed by atoms with E-state index in [1.807, 2.05) is 74.5 Å². The number of hydrogen-bond donors (Lipinski definition) is 1. The molecule has 0 unspecified atom stereocenters. The van der Waals surface area contributed by atoms with E-state index in [4.69, 9.17) is 0 Å². The van der Waals surface area contributed by atoms with Crippen molar-refractivity contribution in [1.29, 1.82) is 0 Å². The molecule has 3 rings (SSSR count). The Balaban J connectivity index is 2.09. The summed E-state index contributed by atoms with van der Waals surface area (Å²) in [5, 5.41) is 2.98. The molecular formula is C30H37FN4O4S. The van der Waals surface area contributed by atoms with E-state index in [-0.39, 0.29) is 30.6 Å². The predicted molar refractivity (Wildman–Crippen MR) is 155 cm³/mol. The summed E-state index contributed by atoms with van der Waals surface area (Å²) in [5.41, 5.74) is 1.34. The molecule has 0 aliphatic rings. The molecular weight excluding hydrogens is 531 g/mol. The Hall–Kier alpha value is -3.76. The van der Waals surface area contributed by atoms with Crippen molar-refractivity contribution in [3.05, 3.63) is 102 Å². The quantitative estimate of drug-likeness (QED) is 0.338. The average Bonchev–Trinajstić information content (AvgIpc) is 2.94. The van der Waals surface area contributed by atoms with Gasteiger partial charge in [-0.15, -0.1) is 0 Å². The Kier molecular flexibility index (Phi) is 10.8. The van der Waals surface area contributed by atoms with E-state index in [1.165, 1.54) is 37.2 Å². The van der Waals surface area contributed by atoms with Gasteiger partial charge in [-0.2, -0.15) is 12.7 Å². The molecule has 0 aliphatic carbocycles. The van der Waals surface area contributed by atoms with Gasteiger partial charge in [-0.1, -0.05) is 79.7 Å². The fourth-order valence-electron chi connectivity index (χ4n) is 4.13. The molecule has 3 aromatic carbocycles. The SMILES string of the molecule is CC[C@H](C)NC(=O)[C@H](Cc1ccccc1)N(Cc1ccccc1)C(=O)CN(c1ccccc1F)S(=O)(=O)N(C)C. The molecule has 2 amide bonds. The van der Waals surface area contributed by atoms with E-state index >= 15 is 0 Å². The number of halogens is 1. The monoisotopic (exact) mass is 568 g/mol. The molecule has 0 heterocycles. The second-order valence-corrected chi connectivity index (χ2v) is 11.8. The summed E-state index contributed by atoms with van der Waals surface area (Å²) in [6.07, 6.45) is 0.903. The zero-order chi connectivity index (χ0) is 29.3. The standard InChI is InChI=1S/C30H37FN4O4S/c1-5-23(2)32-30(37)28(20-24-14-8-6-9-15-24)34(21-25-16-10-7-11-17-25)29(36)22-35(40(38,39)33(3)4)27-19-13-12-18-26(27)31/h6-19,23,28H,5,20-22H2,1-4H3,(H,32,37)/t23-,28-/m0/s1. The zero-order valence-electron chi connectivity index (χ0n) is 23.3. The van der Waals surface area contributed by atoms with Crippen LogP contribution in [0.2, 0.25) is 0 Å². The Morgan fingerprint density at radius 1 is 0.875 bits per heavy atom. The highest BCUT2D eigenvalue weighted by Gasteiger charge is 2.35. The van der Waals surface area contributed by atoms with Crippen LogP contribution in [0.4, 0.5) is 10.1 Å². The number of carbonyl (C=O) groups is 2. The minimum atomic E-state index is -4.27. The fraction of sp³-hybridized carbons (Fsp3) is 0.333. The van der Waals surface area contributed by atoms with Gasteiger partial charge in [0.1, 0.15) is 18.4 Å². The van der Waals surface area contributed by atoms with Crippen molar-refractivity contribution < 1.29 is 22.4 Å². The van der Waals surface area contributed by atoms with Crippen molar-refractivity contribution in [2.75, 3.05) is 24.9 Å². The number of nitrogens with zero attached hydrogens (tertiary/aromatic N) is 3. The summed E-state index contributed by atoms with van der Waals surface area (Å²) in [5.74, 6) is -1.78. The maximum atomic E-state index is 14.9. The minimum Gasteiger partial charge on any atom is -0.352 e. The molecule has 0 aliphatic heterocycles. The van der Waals surface area contributed by atoms with Crippen molar-refractivity contribution in [1.82, 2.24) is 14.5 Å². The molecule has 40 heavy (non-hydrogen) atoms. The van der Waals surface area contributed by atoms with Crippen molar-refractivity contribution >= 4 is 27.7 Å². The summed E-state index contributed by atoms with van der Waals surface area (Å²) in [6, 6.07) is 22.8. The lowest BCUT2D eigenvalue weighted by Gasteiger charge is -2.35. The first-order valence-electron chi connectivity index (χ1n) is 13.2. The third-order valence-corrected chi connectivity index (χ3v) is 8.41. The van der Waals surface area contributed by atoms with E-state index < -0.39 is 34.5 Å². The number of carbonyl (C=O) groups excluding carboxylic acids is 2. The van der Waals surface area contributed by atoms with Crippen LogP contribution < -0.4 is 9.62 Å². The highest BCUT2D eigenvalue weighted by atomic mass is 32.2. The van der Waals surface area contributed by atoms with Crippen LogP contribution in [-0.4, -0.2) is 62.2 Å². The predicted octanol–water partition coefficient (Wildman–Crippen LogP) is 3.99. The van der Waals surface area contributed by atoms with Gasteiger partial charge in [0.15, 0.2) is 0 Å². The first-order valence-corrected chi connectivity index (χ1v) is 14.6. The number of nitrogens with one attached hydrogen (secondary N) is 1. The van der Waals surface area contributed by atoms with Gasteiger partial charge in [0.2, 0.25) is 11.8 Å². The van der Waals surface area contributed by atoms with Crippen molar-refractivity contribution in [3.63, 3.8) is 0 Å². The Morgan fingerprint density at radius 3 is 1.98 bits per heavy atom.